The number of amides is 1. The average Bonchev–Trinajstić information content (AvgIpc) is 2.73. The number of hydrogen-bond donors (Lipinski definition) is 1. The molecule has 0 bridgehead atoms. The molecule has 0 radical (unpaired) electrons. The van der Waals surface area contributed by atoms with Gasteiger partial charge in [0.05, 0.1) is 5.52 Å². The first-order valence-corrected chi connectivity index (χ1v) is 10.1. The molecule has 1 fully saturated rings. The molecule has 1 amide bonds. The van der Waals surface area contributed by atoms with Gasteiger partial charge in [0, 0.05) is 42.0 Å². The highest BCUT2D eigenvalue weighted by atomic mass is 35.5. The first kappa shape index (κ1) is 20.1. The minimum Gasteiger partial charge on any atom is -0.427 e. The van der Waals surface area contributed by atoms with Crippen molar-refractivity contribution in [3.05, 3.63) is 59.4 Å². The van der Waals surface area contributed by atoms with E-state index in [9.17, 15) is 9.59 Å². The number of nitrogens with zero attached hydrogens (tertiary/aromatic N) is 3. The average molecular weight is 425 g/mol. The maximum Gasteiger partial charge on any atom is 0.308 e. The van der Waals surface area contributed by atoms with Gasteiger partial charge in [0.2, 0.25) is 0 Å². The second-order valence-corrected chi connectivity index (χ2v) is 7.65. The molecule has 154 valence electrons. The Labute approximate surface area is 179 Å². The Morgan fingerprint density at radius 2 is 1.93 bits per heavy atom. The van der Waals surface area contributed by atoms with E-state index in [0.29, 0.717) is 16.3 Å². The van der Waals surface area contributed by atoms with Crippen LogP contribution >= 0.6 is 11.6 Å². The Hall–Kier alpha value is -3.19. The van der Waals surface area contributed by atoms with Crippen LogP contribution < -0.4 is 15.0 Å². The van der Waals surface area contributed by atoms with Crippen molar-refractivity contribution in [2.24, 2.45) is 0 Å². The van der Waals surface area contributed by atoms with E-state index in [2.05, 4.69) is 20.2 Å². The van der Waals surface area contributed by atoms with Crippen LogP contribution in [0.3, 0.4) is 0 Å². The molecule has 1 aromatic heterocycles. The number of anilines is 1. The molecule has 0 aliphatic carbocycles. The molecular weight excluding hydrogens is 404 g/mol. The Morgan fingerprint density at radius 1 is 1.13 bits per heavy atom. The summed E-state index contributed by atoms with van der Waals surface area (Å²) in [5, 5.41) is 4.69. The van der Waals surface area contributed by atoms with Gasteiger partial charge in [-0.25, -0.2) is 9.97 Å². The second-order valence-electron chi connectivity index (χ2n) is 7.22. The number of ether oxygens (including phenoxy) is 1. The first-order valence-electron chi connectivity index (χ1n) is 9.74. The van der Waals surface area contributed by atoms with E-state index in [-0.39, 0.29) is 11.9 Å². The number of fused-ring (bicyclic) bond motifs is 1. The lowest BCUT2D eigenvalue weighted by Gasteiger charge is -2.33. The van der Waals surface area contributed by atoms with Gasteiger partial charge in [-0.05, 0) is 49.2 Å². The number of piperidine rings is 1. The van der Waals surface area contributed by atoms with E-state index >= 15 is 0 Å². The molecule has 0 atom stereocenters. The molecular formula is C22H21ClN4O3. The third-order valence-corrected chi connectivity index (χ3v) is 5.30. The topological polar surface area (TPSA) is 84.4 Å². The zero-order chi connectivity index (χ0) is 21.1. The molecule has 3 aromatic rings. The van der Waals surface area contributed by atoms with Gasteiger partial charge >= 0.3 is 5.97 Å². The maximum absolute atomic E-state index is 12.6. The quantitative estimate of drug-likeness (QED) is 0.508. The van der Waals surface area contributed by atoms with Crippen LogP contribution in [0, 0.1) is 0 Å². The third-order valence-electron chi connectivity index (χ3n) is 5.07. The van der Waals surface area contributed by atoms with Crippen molar-refractivity contribution >= 4 is 40.2 Å². The van der Waals surface area contributed by atoms with Crippen molar-refractivity contribution < 1.29 is 14.3 Å². The van der Waals surface area contributed by atoms with Crippen molar-refractivity contribution in [3.63, 3.8) is 0 Å². The number of esters is 1. The summed E-state index contributed by atoms with van der Waals surface area (Å²) >= 11 is 6.07. The van der Waals surface area contributed by atoms with Crippen molar-refractivity contribution in [3.8, 4) is 5.75 Å². The fourth-order valence-electron chi connectivity index (χ4n) is 3.64. The van der Waals surface area contributed by atoms with Gasteiger partial charge < -0.3 is 15.0 Å². The normalized spacial score (nSPS) is 14.5. The van der Waals surface area contributed by atoms with Gasteiger partial charge in [-0.3, -0.25) is 9.59 Å². The van der Waals surface area contributed by atoms with Crippen molar-refractivity contribution in [1.29, 1.82) is 0 Å². The van der Waals surface area contributed by atoms with E-state index in [1.54, 1.807) is 30.6 Å². The largest absolute Gasteiger partial charge is 0.427 e. The van der Waals surface area contributed by atoms with E-state index in [4.69, 9.17) is 16.3 Å². The summed E-state index contributed by atoms with van der Waals surface area (Å²) in [7, 11) is 0. The molecule has 1 aliphatic rings. The van der Waals surface area contributed by atoms with Crippen LogP contribution in [0.2, 0.25) is 5.02 Å². The standard InChI is InChI=1S/C22H21ClN4O3/c1-14(28)30-18-4-2-3-15(11-18)22(29)26-17-7-9-27(10-8-17)21-19-6-5-16(23)12-20(19)24-13-25-21/h2-6,11-13,17H,7-10H2,1H3,(H,26,29). The molecule has 1 saturated heterocycles. The SMILES string of the molecule is CC(=O)Oc1cccc(C(=O)NC2CCN(c3ncnc4cc(Cl)ccc34)CC2)c1. The molecule has 0 spiro atoms. The zero-order valence-electron chi connectivity index (χ0n) is 16.5. The number of carbonyl (C=O) groups excluding carboxylic acids is 2. The predicted molar refractivity (Wildman–Crippen MR) is 115 cm³/mol. The molecule has 1 N–H and O–H groups in total. The fourth-order valence-corrected chi connectivity index (χ4v) is 3.81. The van der Waals surface area contributed by atoms with Gasteiger partial charge in [-0.1, -0.05) is 17.7 Å². The summed E-state index contributed by atoms with van der Waals surface area (Å²) in [6, 6.07) is 12.3. The van der Waals surface area contributed by atoms with E-state index < -0.39 is 5.97 Å². The van der Waals surface area contributed by atoms with Crippen LogP contribution in [-0.2, 0) is 4.79 Å². The smallest absolute Gasteiger partial charge is 0.308 e. The van der Waals surface area contributed by atoms with Crippen LogP contribution in [0.15, 0.2) is 48.8 Å². The first-order chi connectivity index (χ1) is 14.5. The Balaban J connectivity index is 1.40. The summed E-state index contributed by atoms with van der Waals surface area (Å²) < 4.78 is 5.05. The van der Waals surface area contributed by atoms with Gasteiger partial charge in [0.15, 0.2) is 0 Å². The molecule has 2 aromatic carbocycles. The lowest BCUT2D eigenvalue weighted by molar-refractivity contribution is -0.131. The molecule has 4 rings (SSSR count). The minimum atomic E-state index is -0.417. The summed E-state index contributed by atoms with van der Waals surface area (Å²) in [5.41, 5.74) is 1.28. The Bertz CT molecular complexity index is 1100. The molecule has 7 nitrogen and oxygen atoms in total. The Kier molecular flexibility index (Phi) is 5.81. The number of carbonyl (C=O) groups is 2. The van der Waals surface area contributed by atoms with Crippen LogP contribution in [0.1, 0.15) is 30.1 Å². The summed E-state index contributed by atoms with van der Waals surface area (Å²) in [6.07, 6.45) is 3.15. The number of aromatic nitrogens is 2. The zero-order valence-corrected chi connectivity index (χ0v) is 17.2. The number of benzene rings is 2. The van der Waals surface area contributed by atoms with Crippen molar-refractivity contribution in [2.75, 3.05) is 18.0 Å². The number of halogens is 1. The van der Waals surface area contributed by atoms with E-state index in [1.165, 1.54) is 6.92 Å². The van der Waals surface area contributed by atoms with Crippen LogP contribution in [0.25, 0.3) is 10.9 Å². The molecule has 1 aliphatic heterocycles. The monoisotopic (exact) mass is 424 g/mol. The second kappa shape index (κ2) is 8.67. The molecule has 0 saturated carbocycles. The number of hydrogen-bond acceptors (Lipinski definition) is 6. The summed E-state index contributed by atoms with van der Waals surface area (Å²) in [4.78, 5) is 34.7. The summed E-state index contributed by atoms with van der Waals surface area (Å²) in [5.74, 6) is 0.653. The van der Waals surface area contributed by atoms with E-state index in [1.807, 2.05) is 18.2 Å². The van der Waals surface area contributed by atoms with Gasteiger partial charge in [-0.15, -0.1) is 0 Å². The van der Waals surface area contributed by atoms with Gasteiger partial charge in [0.25, 0.3) is 5.91 Å². The lowest BCUT2D eigenvalue weighted by atomic mass is 10.0. The van der Waals surface area contributed by atoms with Crippen LogP contribution in [0.5, 0.6) is 5.75 Å². The van der Waals surface area contributed by atoms with E-state index in [0.717, 1.165) is 42.7 Å². The predicted octanol–water partition coefficient (Wildman–Crippen LogP) is 3.61. The van der Waals surface area contributed by atoms with Gasteiger partial charge in [0.1, 0.15) is 17.9 Å². The highest BCUT2D eigenvalue weighted by Crippen LogP contribution is 2.27. The van der Waals surface area contributed by atoms with Crippen LogP contribution in [-0.4, -0.2) is 41.0 Å². The number of rotatable bonds is 4. The van der Waals surface area contributed by atoms with Crippen molar-refractivity contribution in [2.45, 2.75) is 25.8 Å². The summed E-state index contributed by atoms with van der Waals surface area (Å²) in [6.45, 7) is 2.87. The Morgan fingerprint density at radius 3 is 2.70 bits per heavy atom. The highest BCUT2D eigenvalue weighted by Gasteiger charge is 2.23. The molecule has 0 unspecified atom stereocenters. The van der Waals surface area contributed by atoms with Crippen molar-refractivity contribution in [1.82, 2.24) is 15.3 Å². The van der Waals surface area contributed by atoms with Crippen LogP contribution in [0.4, 0.5) is 5.82 Å². The lowest BCUT2D eigenvalue weighted by Crippen LogP contribution is -2.45. The van der Waals surface area contributed by atoms with Gasteiger partial charge in [-0.2, -0.15) is 0 Å². The molecule has 8 heteroatoms. The molecule has 30 heavy (non-hydrogen) atoms. The maximum atomic E-state index is 12.6. The minimum absolute atomic E-state index is 0.0636. The molecule has 2 heterocycles. The number of nitrogens with one attached hydrogen (secondary N) is 1. The fraction of sp³-hybridized carbons (Fsp3) is 0.273. The third kappa shape index (κ3) is 4.52. The highest BCUT2D eigenvalue weighted by molar-refractivity contribution is 6.31.